The summed E-state index contributed by atoms with van der Waals surface area (Å²) in [5, 5.41) is 21.5. The van der Waals surface area contributed by atoms with Gasteiger partial charge in [0.2, 0.25) is 0 Å². The van der Waals surface area contributed by atoms with Crippen molar-refractivity contribution >= 4 is 21.7 Å². The lowest BCUT2D eigenvalue weighted by Gasteiger charge is -2.30. The van der Waals surface area contributed by atoms with Crippen molar-refractivity contribution in [3.63, 3.8) is 0 Å². The zero-order valence-corrected chi connectivity index (χ0v) is 10.2. The van der Waals surface area contributed by atoms with E-state index in [0.29, 0.717) is 12.2 Å². The highest BCUT2D eigenvalue weighted by Crippen LogP contribution is 2.17. The van der Waals surface area contributed by atoms with Gasteiger partial charge in [-0.3, -0.25) is 0 Å². The first-order valence-corrected chi connectivity index (χ1v) is 5.56. The van der Waals surface area contributed by atoms with Crippen LogP contribution in [0.3, 0.4) is 0 Å². The molecular weight excluding hydrogens is 260 g/mol. The summed E-state index contributed by atoms with van der Waals surface area (Å²) < 4.78 is 0.892. The molecule has 0 bridgehead atoms. The highest BCUT2D eigenvalue weighted by Gasteiger charge is 2.26. The van der Waals surface area contributed by atoms with Gasteiger partial charge in [0.25, 0.3) is 0 Å². The van der Waals surface area contributed by atoms with Crippen molar-refractivity contribution < 1.29 is 10.2 Å². The number of rotatable bonds is 5. The number of hydrogen-bond donors (Lipinski definition) is 3. The molecule has 0 aliphatic rings. The maximum atomic E-state index is 9.23. The second-order valence-corrected chi connectivity index (χ2v) is 4.35. The summed E-state index contributed by atoms with van der Waals surface area (Å²) in [4.78, 5) is 4.13. The van der Waals surface area contributed by atoms with Crippen LogP contribution < -0.4 is 5.32 Å². The van der Waals surface area contributed by atoms with Crippen LogP contribution in [-0.4, -0.2) is 33.9 Å². The molecule has 0 radical (unpaired) electrons. The third-order valence-corrected chi connectivity index (χ3v) is 2.87. The molecule has 1 heterocycles. The monoisotopic (exact) mass is 274 g/mol. The molecule has 0 amide bonds. The van der Waals surface area contributed by atoms with E-state index >= 15 is 0 Å². The first-order valence-electron chi connectivity index (χ1n) is 4.77. The van der Waals surface area contributed by atoms with E-state index in [1.54, 1.807) is 12.3 Å². The Morgan fingerprint density at radius 2 is 2.07 bits per heavy atom. The molecule has 1 aromatic heterocycles. The van der Waals surface area contributed by atoms with E-state index in [1.165, 1.54) is 0 Å². The Hall–Kier alpha value is -0.650. The van der Waals surface area contributed by atoms with Gasteiger partial charge in [-0.25, -0.2) is 4.98 Å². The molecule has 0 aliphatic heterocycles. The molecule has 0 saturated carbocycles. The van der Waals surface area contributed by atoms with Crippen LogP contribution in [0.1, 0.15) is 13.3 Å². The van der Waals surface area contributed by atoms with Crippen molar-refractivity contribution in [2.75, 3.05) is 18.5 Å². The highest BCUT2D eigenvalue weighted by molar-refractivity contribution is 9.10. The van der Waals surface area contributed by atoms with E-state index < -0.39 is 5.54 Å². The first kappa shape index (κ1) is 12.4. The van der Waals surface area contributed by atoms with Crippen LogP contribution in [0.5, 0.6) is 0 Å². The highest BCUT2D eigenvalue weighted by atomic mass is 79.9. The van der Waals surface area contributed by atoms with Crippen LogP contribution in [-0.2, 0) is 0 Å². The lowest BCUT2D eigenvalue weighted by atomic mass is 9.98. The SMILES string of the molecule is CCC(CO)(CO)Nc1ccc(Br)cn1. The molecule has 1 aromatic rings. The number of aromatic nitrogens is 1. The molecule has 15 heavy (non-hydrogen) atoms. The minimum absolute atomic E-state index is 0.127. The molecule has 0 spiro atoms. The summed E-state index contributed by atoms with van der Waals surface area (Å²) >= 11 is 3.29. The Balaban J connectivity index is 2.78. The number of nitrogens with one attached hydrogen (secondary N) is 1. The third-order valence-electron chi connectivity index (χ3n) is 2.40. The second kappa shape index (κ2) is 5.44. The number of aliphatic hydroxyl groups is 2. The fraction of sp³-hybridized carbons (Fsp3) is 0.500. The van der Waals surface area contributed by atoms with Crippen LogP contribution in [0.2, 0.25) is 0 Å². The minimum atomic E-state index is -0.694. The van der Waals surface area contributed by atoms with Crippen LogP contribution in [0.25, 0.3) is 0 Å². The molecule has 84 valence electrons. The average molecular weight is 275 g/mol. The summed E-state index contributed by atoms with van der Waals surface area (Å²) in [5.41, 5.74) is -0.694. The van der Waals surface area contributed by atoms with Gasteiger partial charge in [0.1, 0.15) is 5.82 Å². The van der Waals surface area contributed by atoms with Crippen molar-refractivity contribution in [2.24, 2.45) is 0 Å². The molecule has 0 fully saturated rings. The summed E-state index contributed by atoms with van der Waals surface area (Å²) in [6.45, 7) is 1.65. The topological polar surface area (TPSA) is 65.4 Å². The Kier molecular flexibility index (Phi) is 4.50. The van der Waals surface area contributed by atoms with Gasteiger partial charge in [0.05, 0.1) is 18.8 Å². The van der Waals surface area contributed by atoms with Gasteiger partial charge in [-0.05, 0) is 34.5 Å². The zero-order chi connectivity index (χ0) is 11.3. The van der Waals surface area contributed by atoms with Crippen LogP contribution >= 0.6 is 15.9 Å². The van der Waals surface area contributed by atoms with E-state index in [9.17, 15) is 10.2 Å². The van der Waals surface area contributed by atoms with Crippen molar-refractivity contribution in [3.05, 3.63) is 22.8 Å². The van der Waals surface area contributed by atoms with Crippen LogP contribution in [0.4, 0.5) is 5.82 Å². The maximum Gasteiger partial charge on any atom is 0.126 e. The molecular formula is C10H15BrN2O2. The third kappa shape index (κ3) is 3.15. The van der Waals surface area contributed by atoms with Crippen molar-refractivity contribution in [1.29, 1.82) is 0 Å². The predicted molar refractivity (Wildman–Crippen MR) is 62.8 cm³/mol. The predicted octanol–water partition coefficient (Wildman–Crippen LogP) is 1.39. The van der Waals surface area contributed by atoms with Gasteiger partial charge in [0, 0.05) is 10.7 Å². The fourth-order valence-electron chi connectivity index (χ4n) is 1.16. The van der Waals surface area contributed by atoms with E-state index in [0.717, 1.165) is 4.47 Å². The van der Waals surface area contributed by atoms with Crippen molar-refractivity contribution in [1.82, 2.24) is 4.98 Å². The van der Waals surface area contributed by atoms with Gasteiger partial charge >= 0.3 is 0 Å². The van der Waals surface area contributed by atoms with Gasteiger partial charge in [0.15, 0.2) is 0 Å². The molecule has 0 aromatic carbocycles. The number of hydrogen-bond acceptors (Lipinski definition) is 4. The Morgan fingerprint density at radius 1 is 1.40 bits per heavy atom. The van der Waals surface area contributed by atoms with Gasteiger partial charge in [-0.15, -0.1) is 0 Å². The molecule has 0 atom stereocenters. The van der Waals surface area contributed by atoms with Crippen molar-refractivity contribution in [3.8, 4) is 0 Å². The minimum Gasteiger partial charge on any atom is -0.394 e. The average Bonchev–Trinajstić information content (AvgIpc) is 2.29. The van der Waals surface area contributed by atoms with Gasteiger partial charge in [-0.1, -0.05) is 6.92 Å². The zero-order valence-electron chi connectivity index (χ0n) is 8.57. The van der Waals surface area contributed by atoms with Crippen LogP contribution in [0, 0.1) is 0 Å². The number of anilines is 1. The van der Waals surface area contributed by atoms with Gasteiger partial charge < -0.3 is 15.5 Å². The Labute approximate surface area is 97.5 Å². The van der Waals surface area contributed by atoms with E-state index in [-0.39, 0.29) is 13.2 Å². The molecule has 5 heteroatoms. The smallest absolute Gasteiger partial charge is 0.126 e. The first-order chi connectivity index (χ1) is 7.15. The summed E-state index contributed by atoms with van der Waals surface area (Å²) in [6.07, 6.45) is 2.29. The fourth-order valence-corrected chi connectivity index (χ4v) is 1.40. The van der Waals surface area contributed by atoms with Crippen LogP contribution in [0.15, 0.2) is 22.8 Å². The lowest BCUT2D eigenvalue weighted by Crippen LogP contribution is -2.45. The maximum absolute atomic E-state index is 9.23. The Morgan fingerprint density at radius 3 is 2.47 bits per heavy atom. The number of aliphatic hydroxyl groups excluding tert-OH is 2. The van der Waals surface area contributed by atoms with Gasteiger partial charge in [-0.2, -0.15) is 0 Å². The lowest BCUT2D eigenvalue weighted by molar-refractivity contribution is 0.132. The number of pyridine rings is 1. The number of halogens is 1. The van der Waals surface area contributed by atoms with E-state index in [1.807, 2.05) is 13.0 Å². The molecule has 0 unspecified atom stereocenters. The summed E-state index contributed by atoms with van der Waals surface area (Å²) in [7, 11) is 0. The molecule has 4 nitrogen and oxygen atoms in total. The number of nitrogens with zero attached hydrogens (tertiary/aromatic N) is 1. The van der Waals surface area contributed by atoms with Crippen molar-refractivity contribution in [2.45, 2.75) is 18.9 Å². The van der Waals surface area contributed by atoms with E-state index in [4.69, 9.17) is 0 Å². The largest absolute Gasteiger partial charge is 0.394 e. The summed E-state index contributed by atoms with van der Waals surface area (Å²) in [6, 6.07) is 3.64. The molecule has 0 saturated heterocycles. The molecule has 0 aliphatic carbocycles. The second-order valence-electron chi connectivity index (χ2n) is 3.44. The van der Waals surface area contributed by atoms with E-state index in [2.05, 4.69) is 26.2 Å². The normalized spacial score (nSPS) is 11.5. The molecule has 1 rings (SSSR count). The standard InChI is InChI=1S/C10H15BrN2O2/c1-2-10(6-14,7-15)13-9-4-3-8(11)5-12-9/h3-5,14-15H,2,6-7H2,1H3,(H,12,13). The summed E-state index contributed by atoms with van der Waals surface area (Å²) in [5.74, 6) is 0.642. The molecule has 3 N–H and O–H groups in total. The quantitative estimate of drug-likeness (QED) is 0.759. The Bertz CT molecular complexity index is 291.